The van der Waals surface area contributed by atoms with Crippen molar-refractivity contribution in [3.8, 4) is 11.5 Å². The molecule has 2 aromatic rings. The van der Waals surface area contributed by atoms with E-state index in [9.17, 15) is 0 Å². The number of likely N-dealkylation sites (tertiary alicyclic amines) is 1. The molecule has 5 nitrogen and oxygen atoms in total. The fourth-order valence-electron chi connectivity index (χ4n) is 2.63. The van der Waals surface area contributed by atoms with Gasteiger partial charge < -0.3 is 15.2 Å². The smallest absolute Gasteiger partial charge is 0.259 e. The summed E-state index contributed by atoms with van der Waals surface area (Å²) in [6.07, 6.45) is 2.48. The van der Waals surface area contributed by atoms with Crippen molar-refractivity contribution in [1.29, 1.82) is 0 Å². The predicted octanol–water partition coefficient (Wildman–Crippen LogP) is 2.79. The molecule has 0 radical (unpaired) electrons. The van der Waals surface area contributed by atoms with E-state index in [2.05, 4.69) is 15.0 Å². The molecule has 0 spiro atoms. The summed E-state index contributed by atoms with van der Waals surface area (Å²) in [5.74, 6) is 0.963. The normalized spacial score (nSPS) is 17.3. The highest BCUT2D eigenvalue weighted by molar-refractivity contribution is 6.33. The molecule has 1 saturated heterocycles. The Bertz CT molecular complexity index is 622. The van der Waals surface area contributed by atoms with Gasteiger partial charge in [0.25, 0.3) is 5.89 Å². The van der Waals surface area contributed by atoms with Crippen LogP contribution in [-0.2, 0) is 0 Å². The van der Waals surface area contributed by atoms with Crippen LogP contribution in [-0.4, -0.2) is 34.7 Å². The minimum Gasteiger partial charge on any atom is -0.334 e. The van der Waals surface area contributed by atoms with Crippen molar-refractivity contribution >= 4 is 11.6 Å². The molecule has 1 aliphatic rings. The Morgan fingerprint density at radius 1 is 1.38 bits per heavy atom. The first-order chi connectivity index (χ1) is 10.1. The Hall–Kier alpha value is -1.43. The molecule has 3 rings (SSSR count). The van der Waals surface area contributed by atoms with E-state index in [1.165, 1.54) is 12.8 Å². The van der Waals surface area contributed by atoms with Crippen molar-refractivity contribution in [3.05, 3.63) is 34.6 Å². The van der Waals surface area contributed by atoms with Crippen LogP contribution < -0.4 is 5.73 Å². The summed E-state index contributed by atoms with van der Waals surface area (Å²) >= 11 is 6.29. The second kappa shape index (κ2) is 6.13. The number of aryl methyl sites for hydroxylation is 1. The molecule has 1 aliphatic heterocycles. The molecule has 6 heteroatoms. The van der Waals surface area contributed by atoms with Gasteiger partial charge in [0, 0.05) is 6.54 Å². The fourth-order valence-corrected chi connectivity index (χ4v) is 2.84. The lowest BCUT2D eigenvalue weighted by Gasteiger charge is -2.17. The van der Waals surface area contributed by atoms with Crippen molar-refractivity contribution in [2.45, 2.75) is 25.8 Å². The zero-order chi connectivity index (χ0) is 14.8. The molecule has 0 bridgehead atoms. The summed E-state index contributed by atoms with van der Waals surface area (Å²) in [5.41, 5.74) is 7.91. The van der Waals surface area contributed by atoms with E-state index < -0.39 is 0 Å². The van der Waals surface area contributed by atoms with E-state index >= 15 is 0 Å². The zero-order valence-electron chi connectivity index (χ0n) is 12.1. The average molecular weight is 307 g/mol. The van der Waals surface area contributed by atoms with E-state index in [1.54, 1.807) is 0 Å². The SMILES string of the molecule is Cc1cccc(-c2nc(C(N)CN3CCCC3)no2)c1Cl. The van der Waals surface area contributed by atoms with Crippen molar-refractivity contribution < 1.29 is 4.52 Å². The highest BCUT2D eigenvalue weighted by atomic mass is 35.5. The van der Waals surface area contributed by atoms with Gasteiger partial charge in [0.2, 0.25) is 0 Å². The molecule has 1 aromatic heterocycles. The average Bonchev–Trinajstić information content (AvgIpc) is 3.12. The number of benzene rings is 1. The minimum absolute atomic E-state index is 0.232. The third-order valence-corrected chi connectivity index (χ3v) is 4.35. The zero-order valence-corrected chi connectivity index (χ0v) is 12.8. The summed E-state index contributed by atoms with van der Waals surface area (Å²) in [6.45, 7) is 4.91. The summed E-state index contributed by atoms with van der Waals surface area (Å²) in [4.78, 5) is 6.74. The van der Waals surface area contributed by atoms with E-state index in [1.807, 2.05) is 25.1 Å². The first-order valence-corrected chi connectivity index (χ1v) is 7.60. The molecule has 112 valence electrons. The van der Waals surface area contributed by atoms with Gasteiger partial charge in [-0.3, -0.25) is 0 Å². The second-order valence-corrected chi connectivity index (χ2v) is 5.89. The van der Waals surface area contributed by atoms with Crippen molar-refractivity contribution in [2.75, 3.05) is 19.6 Å². The molecule has 0 aliphatic carbocycles. The highest BCUT2D eigenvalue weighted by Gasteiger charge is 2.21. The summed E-state index contributed by atoms with van der Waals surface area (Å²) in [7, 11) is 0. The van der Waals surface area contributed by atoms with Crippen molar-refractivity contribution in [2.24, 2.45) is 5.73 Å². The van der Waals surface area contributed by atoms with Gasteiger partial charge in [-0.15, -0.1) is 0 Å². The molecule has 2 N–H and O–H groups in total. The van der Waals surface area contributed by atoms with Crippen LogP contribution in [0.25, 0.3) is 11.5 Å². The largest absolute Gasteiger partial charge is 0.334 e. The molecular weight excluding hydrogens is 288 g/mol. The van der Waals surface area contributed by atoms with Gasteiger partial charge in [-0.1, -0.05) is 28.9 Å². The molecule has 21 heavy (non-hydrogen) atoms. The van der Waals surface area contributed by atoms with Crippen LogP contribution in [0.1, 0.15) is 30.3 Å². The Labute approximate surface area is 129 Å². The van der Waals surface area contributed by atoms with Gasteiger partial charge in [-0.25, -0.2) is 0 Å². The van der Waals surface area contributed by atoms with Gasteiger partial charge in [-0.2, -0.15) is 4.98 Å². The maximum atomic E-state index is 6.29. The maximum Gasteiger partial charge on any atom is 0.259 e. The molecular formula is C15H19ClN4O. The Morgan fingerprint density at radius 3 is 2.90 bits per heavy atom. The lowest BCUT2D eigenvalue weighted by Crippen LogP contribution is -2.30. The van der Waals surface area contributed by atoms with Crippen molar-refractivity contribution in [1.82, 2.24) is 15.0 Å². The summed E-state index contributed by atoms with van der Waals surface area (Å²) in [6, 6.07) is 5.51. The Kier molecular flexibility index (Phi) is 4.24. The number of halogens is 1. The predicted molar refractivity (Wildman–Crippen MR) is 82.1 cm³/mol. The van der Waals surface area contributed by atoms with Gasteiger partial charge in [0.05, 0.1) is 16.6 Å². The number of hydrogen-bond donors (Lipinski definition) is 1. The molecule has 1 aromatic carbocycles. The van der Waals surface area contributed by atoms with Gasteiger partial charge >= 0.3 is 0 Å². The summed E-state index contributed by atoms with van der Waals surface area (Å²) in [5, 5.41) is 4.65. The standard InChI is InChI=1S/C15H19ClN4O/c1-10-5-4-6-11(13(10)16)15-18-14(19-21-15)12(17)9-20-7-2-3-8-20/h4-6,12H,2-3,7-9,17H2,1H3. The first kappa shape index (κ1) is 14.5. The molecule has 0 saturated carbocycles. The number of rotatable bonds is 4. The molecule has 0 amide bonds. The van der Waals surface area contributed by atoms with E-state index in [0.29, 0.717) is 16.7 Å². The van der Waals surface area contributed by atoms with Crippen LogP contribution in [0.3, 0.4) is 0 Å². The maximum absolute atomic E-state index is 6.29. The quantitative estimate of drug-likeness (QED) is 0.940. The van der Waals surface area contributed by atoms with Crippen LogP contribution in [0.4, 0.5) is 0 Å². The van der Waals surface area contributed by atoms with Crippen molar-refractivity contribution in [3.63, 3.8) is 0 Å². The second-order valence-electron chi connectivity index (χ2n) is 5.51. The first-order valence-electron chi connectivity index (χ1n) is 7.22. The Balaban J connectivity index is 1.77. The van der Waals surface area contributed by atoms with E-state index in [0.717, 1.165) is 30.8 Å². The molecule has 1 fully saturated rings. The third kappa shape index (κ3) is 3.10. The van der Waals surface area contributed by atoms with Gasteiger partial charge in [-0.05, 0) is 44.5 Å². The minimum atomic E-state index is -0.232. The molecule has 2 heterocycles. The van der Waals surface area contributed by atoms with Crippen LogP contribution in [0, 0.1) is 6.92 Å². The number of hydrogen-bond acceptors (Lipinski definition) is 5. The van der Waals surface area contributed by atoms with Gasteiger partial charge in [0.1, 0.15) is 0 Å². The highest BCUT2D eigenvalue weighted by Crippen LogP contribution is 2.29. The molecule has 1 unspecified atom stereocenters. The summed E-state index contributed by atoms with van der Waals surface area (Å²) < 4.78 is 5.33. The van der Waals surface area contributed by atoms with E-state index in [-0.39, 0.29) is 6.04 Å². The fraction of sp³-hybridized carbons (Fsp3) is 0.467. The lowest BCUT2D eigenvalue weighted by atomic mass is 10.1. The third-order valence-electron chi connectivity index (χ3n) is 3.85. The topological polar surface area (TPSA) is 68.2 Å². The number of aromatic nitrogens is 2. The lowest BCUT2D eigenvalue weighted by molar-refractivity contribution is 0.306. The number of nitrogens with two attached hydrogens (primary N) is 1. The monoisotopic (exact) mass is 306 g/mol. The van der Waals surface area contributed by atoms with Crippen LogP contribution in [0.5, 0.6) is 0 Å². The molecule has 1 atom stereocenters. The van der Waals surface area contributed by atoms with E-state index in [4.69, 9.17) is 21.9 Å². The van der Waals surface area contributed by atoms with Crippen LogP contribution in [0.15, 0.2) is 22.7 Å². The Morgan fingerprint density at radius 2 is 2.14 bits per heavy atom. The van der Waals surface area contributed by atoms with Crippen LogP contribution in [0.2, 0.25) is 5.02 Å². The van der Waals surface area contributed by atoms with Gasteiger partial charge in [0.15, 0.2) is 5.82 Å². The van der Waals surface area contributed by atoms with Crippen LogP contribution >= 0.6 is 11.6 Å². The number of nitrogens with zero attached hydrogens (tertiary/aromatic N) is 3.